The zero-order valence-electron chi connectivity index (χ0n) is 8.79. The molecule has 1 saturated carbocycles. The van der Waals surface area contributed by atoms with Crippen LogP contribution in [0.2, 0.25) is 5.02 Å². The van der Waals surface area contributed by atoms with Crippen LogP contribution >= 0.6 is 11.6 Å². The average Bonchev–Trinajstić information content (AvgIpc) is 2.61. The van der Waals surface area contributed by atoms with Gasteiger partial charge in [-0.3, -0.25) is 0 Å². The molecule has 16 heavy (non-hydrogen) atoms. The van der Waals surface area contributed by atoms with Crippen molar-refractivity contribution in [2.45, 2.75) is 18.9 Å². The fourth-order valence-corrected chi connectivity index (χ4v) is 2.86. The average molecular weight is 238 g/mol. The molecule has 0 saturated heterocycles. The Morgan fingerprint density at radius 1 is 1.38 bits per heavy atom. The number of anilines is 1. The van der Waals surface area contributed by atoms with Crippen LogP contribution < -0.4 is 5.32 Å². The van der Waals surface area contributed by atoms with Gasteiger partial charge >= 0.3 is 0 Å². The number of halogens is 2. The summed E-state index contributed by atoms with van der Waals surface area (Å²) in [5.41, 5.74) is 0.524. The SMILES string of the molecule is Fc1ccc(Cl)cc1NC1CC2CC=CC21. The molecule has 3 rings (SSSR count). The van der Waals surface area contributed by atoms with Crippen LogP contribution in [-0.2, 0) is 0 Å². The van der Waals surface area contributed by atoms with Crippen molar-refractivity contribution in [3.05, 3.63) is 41.2 Å². The van der Waals surface area contributed by atoms with Gasteiger partial charge in [0.2, 0.25) is 0 Å². The molecule has 0 aliphatic heterocycles. The minimum atomic E-state index is -0.227. The van der Waals surface area contributed by atoms with E-state index in [0.717, 1.165) is 12.3 Å². The first-order chi connectivity index (χ1) is 7.74. The van der Waals surface area contributed by atoms with Crippen molar-refractivity contribution in [3.63, 3.8) is 0 Å². The van der Waals surface area contributed by atoms with E-state index in [4.69, 9.17) is 11.6 Å². The number of rotatable bonds is 2. The normalized spacial score (nSPS) is 31.0. The lowest BCUT2D eigenvalue weighted by Crippen LogP contribution is -2.43. The van der Waals surface area contributed by atoms with Crippen LogP contribution in [0.15, 0.2) is 30.4 Å². The molecule has 0 heterocycles. The third-order valence-electron chi connectivity index (χ3n) is 3.63. The summed E-state index contributed by atoms with van der Waals surface area (Å²) in [4.78, 5) is 0. The minimum absolute atomic E-state index is 0.227. The van der Waals surface area contributed by atoms with Crippen LogP contribution in [0.25, 0.3) is 0 Å². The van der Waals surface area contributed by atoms with Gasteiger partial charge in [-0.15, -0.1) is 0 Å². The number of fused-ring (bicyclic) bond motifs is 1. The van der Waals surface area contributed by atoms with Crippen LogP contribution in [-0.4, -0.2) is 6.04 Å². The molecule has 3 atom stereocenters. The first-order valence-electron chi connectivity index (χ1n) is 5.62. The van der Waals surface area contributed by atoms with E-state index in [1.165, 1.54) is 12.5 Å². The Morgan fingerprint density at radius 3 is 3.06 bits per heavy atom. The van der Waals surface area contributed by atoms with Crippen LogP contribution in [0.4, 0.5) is 10.1 Å². The summed E-state index contributed by atoms with van der Waals surface area (Å²) < 4.78 is 13.5. The highest BCUT2D eigenvalue weighted by atomic mass is 35.5. The second kappa shape index (κ2) is 3.77. The van der Waals surface area contributed by atoms with Crippen molar-refractivity contribution in [2.24, 2.45) is 11.8 Å². The Balaban J connectivity index is 1.75. The molecular formula is C13H13ClFN. The summed E-state index contributed by atoms with van der Waals surface area (Å²) >= 11 is 5.85. The minimum Gasteiger partial charge on any atom is -0.379 e. The molecule has 84 valence electrons. The largest absolute Gasteiger partial charge is 0.379 e. The molecule has 3 unspecified atom stereocenters. The molecular weight excluding hydrogens is 225 g/mol. The standard InChI is InChI=1S/C13H13ClFN/c14-9-4-5-11(15)13(7-9)16-12-6-8-2-1-3-10(8)12/h1,3-5,7-8,10,12,16H,2,6H2. The Morgan fingerprint density at radius 2 is 2.25 bits per heavy atom. The Kier molecular flexibility index (Phi) is 2.40. The fraction of sp³-hybridized carbons (Fsp3) is 0.385. The molecule has 1 N–H and O–H groups in total. The fourth-order valence-electron chi connectivity index (χ4n) is 2.69. The van der Waals surface area contributed by atoms with E-state index in [1.807, 2.05) is 0 Å². The number of hydrogen-bond donors (Lipinski definition) is 1. The monoisotopic (exact) mass is 237 g/mol. The summed E-state index contributed by atoms with van der Waals surface area (Å²) in [5.74, 6) is 1.13. The maximum atomic E-state index is 13.5. The van der Waals surface area contributed by atoms with Gasteiger partial charge < -0.3 is 5.32 Å². The molecule has 0 aromatic heterocycles. The van der Waals surface area contributed by atoms with Gasteiger partial charge in [0.25, 0.3) is 0 Å². The van der Waals surface area contributed by atoms with Crippen molar-refractivity contribution in [1.29, 1.82) is 0 Å². The molecule has 0 spiro atoms. The summed E-state index contributed by atoms with van der Waals surface area (Å²) in [5, 5.41) is 3.82. The number of benzene rings is 1. The van der Waals surface area contributed by atoms with E-state index >= 15 is 0 Å². The summed E-state index contributed by atoms with van der Waals surface area (Å²) in [6, 6.07) is 5.01. The quantitative estimate of drug-likeness (QED) is 0.771. The molecule has 1 fully saturated rings. The van der Waals surface area contributed by atoms with E-state index in [2.05, 4.69) is 17.5 Å². The van der Waals surface area contributed by atoms with Crippen molar-refractivity contribution in [3.8, 4) is 0 Å². The second-order valence-electron chi connectivity index (χ2n) is 4.61. The van der Waals surface area contributed by atoms with Gasteiger partial charge in [0.05, 0.1) is 5.69 Å². The van der Waals surface area contributed by atoms with Crippen molar-refractivity contribution >= 4 is 17.3 Å². The van der Waals surface area contributed by atoms with Crippen LogP contribution in [0, 0.1) is 17.7 Å². The number of allylic oxidation sites excluding steroid dienone is 1. The van der Waals surface area contributed by atoms with Crippen LogP contribution in [0.5, 0.6) is 0 Å². The topological polar surface area (TPSA) is 12.0 Å². The van der Waals surface area contributed by atoms with Crippen LogP contribution in [0.3, 0.4) is 0 Å². The third-order valence-corrected chi connectivity index (χ3v) is 3.87. The lowest BCUT2D eigenvalue weighted by atomic mass is 9.71. The van der Waals surface area contributed by atoms with Crippen molar-refractivity contribution in [1.82, 2.24) is 0 Å². The lowest BCUT2D eigenvalue weighted by molar-refractivity contribution is 0.217. The summed E-state index contributed by atoms with van der Waals surface area (Å²) in [6.07, 6.45) is 6.78. The summed E-state index contributed by atoms with van der Waals surface area (Å²) in [6.45, 7) is 0. The molecule has 2 aliphatic rings. The number of nitrogens with one attached hydrogen (secondary N) is 1. The lowest BCUT2D eigenvalue weighted by Gasteiger charge is -2.41. The van der Waals surface area contributed by atoms with E-state index in [9.17, 15) is 4.39 Å². The Hall–Kier alpha value is -1.02. The smallest absolute Gasteiger partial charge is 0.146 e. The Labute approximate surface area is 99.3 Å². The van der Waals surface area contributed by atoms with E-state index in [-0.39, 0.29) is 5.82 Å². The summed E-state index contributed by atoms with van der Waals surface area (Å²) in [7, 11) is 0. The zero-order valence-corrected chi connectivity index (χ0v) is 9.54. The molecule has 0 amide bonds. The number of hydrogen-bond acceptors (Lipinski definition) is 1. The first kappa shape index (κ1) is 10.2. The predicted molar refractivity (Wildman–Crippen MR) is 64.2 cm³/mol. The molecule has 3 heteroatoms. The zero-order chi connectivity index (χ0) is 11.1. The third kappa shape index (κ3) is 1.61. The van der Waals surface area contributed by atoms with Gasteiger partial charge in [0.1, 0.15) is 5.82 Å². The second-order valence-corrected chi connectivity index (χ2v) is 5.05. The molecule has 0 radical (unpaired) electrons. The van der Waals surface area contributed by atoms with Gasteiger partial charge in [0.15, 0.2) is 0 Å². The molecule has 1 aromatic rings. The van der Waals surface area contributed by atoms with Gasteiger partial charge in [-0.2, -0.15) is 0 Å². The van der Waals surface area contributed by atoms with Crippen molar-refractivity contribution in [2.75, 3.05) is 5.32 Å². The molecule has 1 nitrogen and oxygen atoms in total. The van der Waals surface area contributed by atoms with Gasteiger partial charge in [-0.25, -0.2) is 4.39 Å². The Bertz CT molecular complexity index is 444. The van der Waals surface area contributed by atoms with Gasteiger partial charge in [0, 0.05) is 17.0 Å². The highest BCUT2D eigenvalue weighted by Crippen LogP contribution is 2.44. The highest BCUT2D eigenvalue weighted by Gasteiger charge is 2.41. The van der Waals surface area contributed by atoms with Gasteiger partial charge in [-0.1, -0.05) is 23.8 Å². The van der Waals surface area contributed by atoms with Crippen LogP contribution in [0.1, 0.15) is 12.8 Å². The molecule has 1 aromatic carbocycles. The van der Waals surface area contributed by atoms with E-state index in [1.54, 1.807) is 12.1 Å². The van der Waals surface area contributed by atoms with E-state index < -0.39 is 0 Å². The first-order valence-corrected chi connectivity index (χ1v) is 6.00. The van der Waals surface area contributed by atoms with Crippen molar-refractivity contribution < 1.29 is 4.39 Å². The molecule has 2 aliphatic carbocycles. The predicted octanol–water partition coefficient (Wildman–Crippen LogP) is 3.86. The maximum Gasteiger partial charge on any atom is 0.146 e. The van der Waals surface area contributed by atoms with Gasteiger partial charge in [-0.05, 0) is 37.0 Å². The maximum absolute atomic E-state index is 13.5. The molecule has 0 bridgehead atoms. The van der Waals surface area contributed by atoms with E-state index in [0.29, 0.717) is 22.7 Å². The highest BCUT2D eigenvalue weighted by molar-refractivity contribution is 6.30.